The molecule has 5 rings (SSSR count). The number of carbonyl (C=O) groups is 2. The maximum atomic E-state index is 13.6. The highest BCUT2D eigenvalue weighted by atomic mass is 16.7. The molecule has 2 fully saturated rings. The highest BCUT2D eigenvalue weighted by Gasteiger charge is 2.71. The molecule has 1 N–H and O–H groups in total. The van der Waals surface area contributed by atoms with E-state index in [1.807, 2.05) is 31.2 Å². The van der Waals surface area contributed by atoms with Crippen molar-refractivity contribution in [3.8, 4) is 0 Å². The zero-order valence-electron chi connectivity index (χ0n) is 20.3. The van der Waals surface area contributed by atoms with Gasteiger partial charge in [-0.3, -0.25) is 4.79 Å². The first-order valence-electron chi connectivity index (χ1n) is 11.8. The highest BCUT2D eigenvalue weighted by molar-refractivity contribution is 6.06. The van der Waals surface area contributed by atoms with Crippen LogP contribution in [0.2, 0.25) is 0 Å². The third-order valence-corrected chi connectivity index (χ3v) is 8.58. The number of anilines is 1. The average molecular weight is 473 g/mol. The summed E-state index contributed by atoms with van der Waals surface area (Å²) >= 11 is 0. The van der Waals surface area contributed by atoms with Crippen LogP contribution in [0, 0.1) is 23.2 Å². The molecular formula is C28H28N2O5. The predicted molar refractivity (Wildman–Crippen MR) is 133 cm³/mol. The number of hydrogen-bond acceptors (Lipinski definition) is 6. The first kappa shape index (κ1) is 23.0. The van der Waals surface area contributed by atoms with Crippen LogP contribution in [0.1, 0.15) is 56.0 Å². The van der Waals surface area contributed by atoms with Crippen molar-refractivity contribution in [1.82, 2.24) is 0 Å². The Balaban J connectivity index is 1.41. The van der Waals surface area contributed by atoms with Crippen molar-refractivity contribution >= 4 is 34.2 Å². The van der Waals surface area contributed by atoms with Crippen LogP contribution in [0.5, 0.6) is 0 Å². The maximum absolute atomic E-state index is 13.6. The topological polar surface area (TPSA) is 98.0 Å². The van der Waals surface area contributed by atoms with E-state index in [0.717, 1.165) is 24.1 Å². The molecule has 2 atom stereocenters. The number of nitrogens with one attached hydrogen (secondary N) is 1. The van der Waals surface area contributed by atoms with Gasteiger partial charge in [0.25, 0.3) is 0 Å². The zero-order chi connectivity index (χ0) is 25.0. The van der Waals surface area contributed by atoms with Crippen molar-refractivity contribution < 1.29 is 18.8 Å². The van der Waals surface area contributed by atoms with E-state index in [9.17, 15) is 14.4 Å². The van der Waals surface area contributed by atoms with E-state index < -0.39 is 27.8 Å². The van der Waals surface area contributed by atoms with Gasteiger partial charge in [-0.05, 0) is 49.4 Å². The molecule has 35 heavy (non-hydrogen) atoms. The number of amides is 1. The van der Waals surface area contributed by atoms with E-state index in [4.69, 9.17) is 9.25 Å². The summed E-state index contributed by atoms with van der Waals surface area (Å²) in [5, 5.41) is 7.92. The van der Waals surface area contributed by atoms with Crippen LogP contribution < -0.4 is 10.9 Å². The van der Waals surface area contributed by atoms with Crippen molar-refractivity contribution in [1.29, 1.82) is 0 Å². The standard InChI is InChI=1S/C28H28N2O5/c1-17-9-11-19(12-10-17)29-25(33)28-14-13-27(4,26(28,2)3)22(16-28)30-35-24(32)20-15-18-7-5-6-8-21(18)34-23(20)31/h5-12,15H,13-14,16H2,1-4H3,(H,29,33)/b30-22+. The molecule has 2 aliphatic rings. The van der Waals surface area contributed by atoms with Crippen LogP contribution in [0.25, 0.3) is 11.0 Å². The monoisotopic (exact) mass is 472 g/mol. The molecule has 2 aliphatic carbocycles. The first-order chi connectivity index (χ1) is 16.6. The molecule has 2 aromatic carbocycles. The molecule has 7 heteroatoms. The van der Waals surface area contributed by atoms with E-state index >= 15 is 0 Å². The molecule has 1 heterocycles. The normalized spacial score (nSPS) is 25.7. The molecule has 2 unspecified atom stereocenters. The zero-order valence-corrected chi connectivity index (χ0v) is 20.3. The van der Waals surface area contributed by atoms with Gasteiger partial charge in [-0.2, -0.15) is 0 Å². The average Bonchev–Trinajstić information content (AvgIpc) is 3.14. The number of fused-ring (bicyclic) bond motifs is 3. The lowest BCUT2D eigenvalue weighted by molar-refractivity contribution is -0.130. The molecular weight excluding hydrogens is 444 g/mol. The van der Waals surface area contributed by atoms with Crippen LogP contribution in [0.3, 0.4) is 0 Å². The number of benzene rings is 2. The summed E-state index contributed by atoms with van der Waals surface area (Å²) < 4.78 is 5.24. The fourth-order valence-electron chi connectivity index (χ4n) is 5.76. The SMILES string of the molecule is Cc1ccc(NC(=O)C23CCC(C)(/C(=N/OC(=O)c4cc5ccccc5oc4=O)C2)C3(C)C)cc1. The second-order valence-corrected chi connectivity index (χ2v) is 10.4. The van der Waals surface area contributed by atoms with Crippen LogP contribution in [0.4, 0.5) is 5.69 Å². The molecule has 7 nitrogen and oxygen atoms in total. The quantitative estimate of drug-likeness (QED) is 0.308. The Morgan fingerprint density at radius 3 is 2.49 bits per heavy atom. The minimum atomic E-state index is -0.876. The number of hydrogen-bond donors (Lipinski definition) is 1. The molecule has 1 aromatic heterocycles. The number of aryl methyl sites for hydroxylation is 1. The maximum Gasteiger partial charge on any atom is 0.373 e. The lowest BCUT2D eigenvalue weighted by atomic mass is 9.64. The van der Waals surface area contributed by atoms with Gasteiger partial charge in [0.15, 0.2) is 0 Å². The van der Waals surface area contributed by atoms with Gasteiger partial charge < -0.3 is 14.6 Å². The van der Waals surface area contributed by atoms with Crippen molar-refractivity contribution in [2.75, 3.05) is 5.32 Å². The third-order valence-electron chi connectivity index (χ3n) is 8.58. The summed E-state index contributed by atoms with van der Waals surface area (Å²) in [4.78, 5) is 43.9. The van der Waals surface area contributed by atoms with Crippen molar-refractivity contribution in [2.45, 2.75) is 47.0 Å². The summed E-state index contributed by atoms with van der Waals surface area (Å²) in [6.07, 6.45) is 1.85. The summed E-state index contributed by atoms with van der Waals surface area (Å²) in [5.74, 6) is -0.930. The lowest BCUT2D eigenvalue weighted by Crippen LogP contribution is -2.43. The molecule has 0 saturated heterocycles. The summed E-state index contributed by atoms with van der Waals surface area (Å²) in [6, 6.07) is 16.1. The van der Waals surface area contributed by atoms with Gasteiger partial charge in [-0.1, -0.05) is 61.8 Å². The van der Waals surface area contributed by atoms with Gasteiger partial charge in [0.05, 0.1) is 11.1 Å². The Morgan fingerprint density at radius 2 is 1.74 bits per heavy atom. The number of carbonyl (C=O) groups excluding carboxylic acids is 2. The van der Waals surface area contributed by atoms with Crippen molar-refractivity contribution in [3.05, 3.63) is 76.1 Å². The Hall–Kier alpha value is -3.74. The second kappa shape index (κ2) is 7.90. The molecule has 0 aliphatic heterocycles. The fourth-order valence-corrected chi connectivity index (χ4v) is 5.76. The van der Waals surface area contributed by atoms with Gasteiger partial charge in [-0.25, -0.2) is 9.59 Å². The minimum Gasteiger partial charge on any atom is -0.422 e. The van der Waals surface area contributed by atoms with Gasteiger partial charge >= 0.3 is 11.6 Å². The Bertz CT molecular complexity index is 1440. The predicted octanol–water partition coefficient (Wildman–Crippen LogP) is 5.47. The van der Waals surface area contributed by atoms with Gasteiger partial charge in [0.2, 0.25) is 5.91 Å². The summed E-state index contributed by atoms with van der Waals surface area (Å²) in [5.41, 5.74) is 0.408. The molecule has 0 radical (unpaired) electrons. The van der Waals surface area contributed by atoms with E-state index in [0.29, 0.717) is 23.1 Å². The summed E-state index contributed by atoms with van der Waals surface area (Å²) in [7, 11) is 0. The van der Waals surface area contributed by atoms with E-state index in [2.05, 4.69) is 31.2 Å². The number of nitrogens with zero attached hydrogens (tertiary/aromatic N) is 1. The second-order valence-electron chi connectivity index (χ2n) is 10.4. The molecule has 2 bridgehead atoms. The summed E-state index contributed by atoms with van der Waals surface area (Å²) in [6.45, 7) is 8.23. The Kier molecular flexibility index (Phi) is 5.20. The van der Waals surface area contributed by atoms with Crippen LogP contribution in [-0.2, 0) is 9.63 Å². The molecule has 1 amide bonds. The molecule has 2 saturated carbocycles. The van der Waals surface area contributed by atoms with Gasteiger partial charge in [0, 0.05) is 22.9 Å². The number of para-hydroxylation sites is 1. The number of oxime groups is 1. The highest BCUT2D eigenvalue weighted by Crippen LogP contribution is 2.71. The molecule has 3 aromatic rings. The largest absolute Gasteiger partial charge is 0.422 e. The fraction of sp³-hybridized carbons (Fsp3) is 0.357. The van der Waals surface area contributed by atoms with E-state index in [-0.39, 0.29) is 11.5 Å². The van der Waals surface area contributed by atoms with Crippen LogP contribution in [-0.4, -0.2) is 17.6 Å². The first-order valence-corrected chi connectivity index (χ1v) is 11.8. The molecule has 180 valence electrons. The van der Waals surface area contributed by atoms with Gasteiger partial charge in [0.1, 0.15) is 11.1 Å². The van der Waals surface area contributed by atoms with Crippen LogP contribution in [0.15, 0.2) is 69.0 Å². The lowest BCUT2D eigenvalue weighted by Gasteiger charge is -2.39. The third kappa shape index (κ3) is 3.40. The Morgan fingerprint density at radius 1 is 1.03 bits per heavy atom. The molecule has 0 spiro atoms. The minimum absolute atomic E-state index is 0.0539. The van der Waals surface area contributed by atoms with Crippen molar-refractivity contribution in [3.63, 3.8) is 0 Å². The smallest absolute Gasteiger partial charge is 0.373 e. The van der Waals surface area contributed by atoms with Gasteiger partial charge in [-0.15, -0.1) is 0 Å². The van der Waals surface area contributed by atoms with E-state index in [1.54, 1.807) is 24.3 Å². The van der Waals surface area contributed by atoms with Crippen LogP contribution >= 0.6 is 0 Å². The number of rotatable bonds is 4. The Labute approximate surface area is 203 Å². The van der Waals surface area contributed by atoms with Crippen molar-refractivity contribution in [2.24, 2.45) is 21.4 Å². The van der Waals surface area contributed by atoms with E-state index in [1.165, 1.54) is 6.07 Å².